The first-order valence-corrected chi connectivity index (χ1v) is 5.18. The van der Waals surface area contributed by atoms with Crippen LogP contribution in [-0.2, 0) is 14.3 Å². The molecule has 0 aliphatic rings. The molecule has 0 aromatic carbocycles. The minimum Gasteiger partial charge on any atom is -0.464 e. The van der Waals surface area contributed by atoms with Crippen molar-refractivity contribution < 1.29 is 19.1 Å². The van der Waals surface area contributed by atoms with Crippen molar-refractivity contribution in [1.82, 2.24) is 4.90 Å². The van der Waals surface area contributed by atoms with Crippen LogP contribution in [0.4, 0.5) is 4.79 Å². The fourth-order valence-electron chi connectivity index (χ4n) is 1.16. The molecule has 5 nitrogen and oxygen atoms in total. The number of amides is 1. The Balaban J connectivity index is 4.38. The molecule has 0 bridgehead atoms. The van der Waals surface area contributed by atoms with Gasteiger partial charge in [0.2, 0.25) is 0 Å². The van der Waals surface area contributed by atoms with Gasteiger partial charge in [0.1, 0.15) is 6.04 Å². The van der Waals surface area contributed by atoms with Crippen molar-refractivity contribution in [1.29, 1.82) is 0 Å². The van der Waals surface area contributed by atoms with Crippen LogP contribution < -0.4 is 0 Å². The van der Waals surface area contributed by atoms with E-state index in [1.54, 1.807) is 27.7 Å². The number of esters is 1. The summed E-state index contributed by atoms with van der Waals surface area (Å²) >= 11 is 0. The largest absolute Gasteiger partial charge is 0.464 e. The van der Waals surface area contributed by atoms with E-state index in [2.05, 4.69) is 0 Å². The van der Waals surface area contributed by atoms with E-state index in [4.69, 9.17) is 9.47 Å². The maximum Gasteiger partial charge on any atom is 0.410 e. The van der Waals surface area contributed by atoms with Crippen LogP contribution in [-0.4, -0.2) is 42.8 Å². The van der Waals surface area contributed by atoms with Crippen LogP contribution in [0.3, 0.4) is 0 Å². The van der Waals surface area contributed by atoms with Crippen LogP contribution in [0.2, 0.25) is 0 Å². The lowest BCUT2D eigenvalue weighted by Crippen LogP contribution is -2.44. The summed E-state index contributed by atoms with van der Waals surface area (Å²) in [5, 5.41) is 0. The van der Waals surface area contributed by atoms with Crippen molar-refractivity contribution in [3.8, 4) is 0 Å². The molecule has 0 spiro atoms. The Morgan fingerprint density at radius 3 is 2.07 bits per heavy atom. The lowest BCUT2D eigenvalue weighted by atomic mass is 10.3. The summed E-state index contributed by atoms with van der Waals surface area (Å²) in [4.78, 5) is 24.1. The highest BCUT2D eigenvalue weighted by molar-refractivity contribution is 5.81. The molecule has 0 aromatic heterocycles. The molecule has 1 unspecified atom stereocenters. The normalized spacial score (nSPS) is 11.7. The van der Waals surface area contributed by atoms with E-state index in [0.717, 1.165) is 0 Å². The van der Waals surface area contributed by atoms with Gasteiger partial charge in [-0.1, -0.05) is 0 Å². The summed E-state index contributed by atoms with van der Waals surface area (Å²) in [6.45, 7) is 7.88. The SMILES string of the molecule is CCOC(=O)C(C)N(CC)C(=O)OCC. The molecule has 0 rings (SSSR count). The zero-order valence-electron chi connectivity index (χ0n) is 9.78. The maximum absolute atomic E-state index is 11.4. The Kier molecular flexibility index (Phi) is 6.49. The molecule has 0 saturated carbocycles. The average Bonchev–Trinajstić information content (AvgIpc) is 2.19. The summed E-state index contributed by atoms with van der Waals surface area (Å²) in [6.07, 6.45) is -0.486. The summed E-state index contributed by atoms with van der Waals surface area (Å²) in [5.41, 5.74) is 0. The number of ether oxygens (including phenoxy) is 2. The number of carbonyl (C=O) groups excluding carboxylic acids is 2. The molecule has 88 valence electrons. The van der Waals surface area contributed by atoms with E-state index in [-0.39, 0.29) is 0 Å². The highest BCUT2D eigenvalue weighted by Gasteiger charge is 2.26. The van der Waals surface area contributed by atoms with Crippen molar-refractivity contribution in [2.45, 2.75) is 33.7 Å². The summed E-state index contributed by atoms with van der Waals surface area (Å²) in [6, 6.07) is -0.603. The molecule has 0 fully saturated rings. The van der Waals surface area contributed by atoms with E-state index in [1.807, 2.05) is 0 Å². The molecule has 0 radical (unpaired) electrons. The maximum atomic E-state index is 11.4. The van der Waals surface area contributed by atoms with Crippen molar-refractivity contribution in [2.24, 2.45) is 0 Å². The van der Waals surface area contributed by atoms with Gasteiger partial charge in [-0.25, -0.2) is 9.59 Å². The first kappa shape index (κ1) is 13.7. The summed E-state index contributed by atoms with van der Waals surface area (Å²) in [7, 11) is 0. The third-order valence-corrected chi connectivity index (χ3v) is 1.94. The highest BCUT2D eigenvalue weighted by atomic mass is 16.6. The molecule has 1 amide bonds. The van der Waals surface area contributed by atoms with Gasteiger partial charge in [0.25, 0.3) is 0 Å². The fourth-order valence-corrected chi connectivity index (χ4v) is 1.16. The number of hydrogen-bond donors (Lipinski definition) is 0. The third kappa shape index (κ3) is 4.18. The molecule has 1 atom stereocenters. The van der Waals surface area contributed by atoms with Gasteiger partial charge in [-0.15, -0.1) is 0 Å². The predicted octanol–water partition coefficient (Wildman–Crippen LogP) is 1.42. The van der Waals surface area contributed by atoms with E-state index in [0.29, 0.717) is 19.8 Å². The highest BCUT2D eigenvalue weighted by Crippen LogP contribution is 2.04. The van der Waals surface area contributed by atoms with Gasteiger partial charge in [0.15, 0.2) is 0 Å². The molecule has 15 heavy (non-hydrogen) atoms. The van der Waals surface area contributed by atoms with Gasteiger partial charge in [-0.3, -0.25) is 4.90 Å². The number of nitrogens with zero attached hydrogens (tertiary/aromatic N) is 1. The fraction of sp³-hybridized carbons (Fsp3) is 0.800. The number of hydrogen-bond acceptors (Lipinski definition) is 4. The summed E-state index contributed by atoms with van der Waals surface area (Å²) < 4.78 is 9.65. The topological polar surface area (TPSA) is 55.8 Å². The molecular weight excluding hydrogens is 198 g/mol. The Hall–Kier alpha value is -1.26. The molecule has 5 heteroatoms. The molecule has 0 aromatic rings. The zero-order chi connectivity index (χ0) is 11.8. The lowest BCUT2D eigenvalue weighted by molar-refractivity contribution is -0.148. The smallest absolute Gasteiger partial charge is 0.410 e. The van der Waals surface area contributed by atoms with E-state index >= 15 is 0 Å². The van der Waals surface area contributed by atoms with Crippen molar-refractivity contribution in [3.63, 3.8) is 0 Å². The van der Waals surface area contributed by atoms with Crippen molar-refractivity contribution in [3.05, 3.63) is 0 Å². The molecular formula is C10H19NO4. The molecule has 0 aliphatic heterocycles. The van der Waals surface area contributed by atoms with Gasteiger partial charge in [0.05, 0.1) is 13.2 Å². The van der Waals surface area contributed by atoms with E-state index in [9.17, 15) is 9.59 Å². The van der Waals surface area contributed by atoms with Crippen LogP contribution in [0.25, 0.3) is 0 Å². The van der Waals surface area contributed by atoms with E-state index < -0.39 is 18.1 Å². The Labute approximate surface area is 90.3 Å². The Morgan fingerprint density at radius 2 is 1.67 bits per heavy atom. The van der Waals surface area contributed by atoms with Crippen LogP contribution >= 0.6 is 0 Å². The number of carbonyl (C=O) groups is 2. The number of rotatable bonds is 5. The van der Waals surface area contributed by atoms with Gasteiger partial charge in [0, 0.05) is 6.54 Å². The van der Waals surface area contributed by atoms with Crippen LogP contribution in [0, 0.1) is 0 Å². The minimum absolute atomic E-state index is 0.297. The quantitative estimate of drug-likeness (QED) is 0.653. The van der Waals surface area contributed by atoms with Crippen molar-refractivity contribution >= 4 is 12.1 Å². The Bertz CT molecular complexity index is 217. The van der Waals surface area contributed by atoms with Gasteiger partial charge in [-0.2, -0.15) is 0 Å². The molecule has 0 aliphatic carbocycles. The summed E-state index contributed by atoms with van der Waals surface area (Å²) in [5.74, 6) is -0.410. The first-order valence-electron chi connectivity index (χ1n) is 5.18. The van der Waals surface area contributed by atoms with E-state index in [1.165, 1.54) is 4.90 Å². The van der Waals surface area contributed by atoms with Gasteiger partial charge >= 0.3 is 12.1 Å². The second kappa shape index (κ2) is 7.09. The molecule has 0 N–H and O–H groups in total. The number of likely N-dealkylation sites (N-methyl/N-ethyl adjacent to an activating group) is 1. The monoisotopic (exact) mass is 217 g/mol. The second-order valence-corrected chi connectivity index (χ2v) is 2.91. The second-order valence-electron chi connectivity index (χ2n) is 2.91. The van der Waals surface area contributed by atoms with Crippen LogP contribution in [0.5, 0.6) is 0 Å². The van der Waals surface area contributed by atoms with Crippen LogP contribution in [0.15, 0.2) is 0 Å². The predicted molar refractivity (Wildman–Crippen MR) is 55.5 cm³/mol. The average molecular weight is 217 g/mol. The first-order chi connectivity index (χ1) is 7.08. The molecule has 0 saturated heterocycles. The third-order valence-electron chi connectivity index (χ3n) is 1.94. The molecule has 0 heterocycles. The van der Waals surface area contributed by atoms with Crippen molar-refractivity contribution in [2.75, 3.05) is 19.8 Å². The standard InChI is InChI=1S/C10H19NO4/c1-5-11(10(13)15-7-3)8(4)9(12)14-6-2/h8H,5-7H2,1-4H3. The van der Waals surface area contributed by atoms with Crippen LogP contribution in [0.1, 0.15) is 27.7 Å². The minimum atomic E-state index is -0.603. The van der Waals surface area contributed by atoms with Gasteiger partial charge in [-0.05, 0) is 27.7 Å². The van der Waals surface area contributed by atoms with Gasteiger partial charge < -0.3 is 9.47 Å². The lowest BCUT2D eigenvalue weighted by Gasteiger charge is -2.25. The zero-order valence-corrected chi connectivity index (χ0v) is 9.78. The Morgan fingerprint density at radius 1 is 1.13 bits per heavy atom.